The van der Waals surface area contributed by atoms with Gasteiger partial charge in [0.15, 0.2) is 0 Å². The summed E-state index contributed by atoms with van der Waals surface area (Å²) in [6.45, 7) is 2.58. The van der Waals surface area contributed by atoms with Crippen LogP contribution < -0.4 is 10.1 Å². The molecule has 0 aliphatic carbocycles. The minimum Gasteiger partial charge on any atom is -0.493 e. The molecule has 2 aromatic rings. The number of carbonyl (C=O) groups excluding carboxylic acids is 2. The third-order valence-electron chi connectivity index (χ3n) is 5.23. The van der Waals surface area contributed by atoms with Crippen molar-refractivity contribution in [3.8, 4) is 5.75 Å². The summed E-state index contributed by atoms with van der Waals surface area (Å²) in [5, 5.41) is 3.15. The summed E-state index contributed by atoms with van der Waals surface area (Å²) in [6, 6.07) is 15.2. The Morgan fingerprint density at radius 2 is 1.81 bits per heavy atom. The third kappa shape index (κ3) is 3.05. The summed E-state index contributed by atoms with van der Waals surface area (Å²) in [5.74, 6) is 0.643. The van der Waals surface area contributed by atoms with Gasteiger partial charge in [-0.1, -0.05) is 42.5 Å². The van der Waals surface area contributed by atoms with Crippen LogP contribution in [0.1, 0.15) is 36.1 Å². The Morgan fingerprint density at radius 1 is 1.08 bits per heavy atom. The topological polar surface area (TPSA) is 58.6 Å². The molecule has 0 spiro atoms. The van der Waals surface area contributed by atoms with Gasteiger partial charge in [-0.3, -0.25) is 9.59 Å². The lowest BCUT2D eigenvalue weighted by Gasteiger charge is -2.36. The van der Waals surface area contributed by atoms with E-state index in [-0.39, 0.29) is 17.9 Å². The average Bonchev–Trinajstić information content (AvgIpc) is 2.67. The van der Waals surface area contributed by atoms with E-state index >= 15 is 0 Å². The lowest BCUT2D eigenvalue weighted by Crippen LogP contribution is -2.52. The minimum atomic E-state index is -0.475. The first kappa shape index (κ1) is 16.6. The number of fused-ring (bicyclic) bond motifs is 2. The molecule has 2 atom stereocenters. The Bertz CT molecular complexity index is 849. The normalized spacial score (nSPS) is 21.2. The Balaban J connectivity index is 1.57. The highest BCUT2D eigenvalue weighted by Crippen LogP contribution is 2.32. The zero-order chi connectivity index (χ0) is 18.1. The second-order valence-corrected chi connectivity index (χ2v) is 6.87. The van der Waals surface area contributed by atoms with E-state index in [1.54, 1.807) is 4.90 Å². The highest BCUT2D eigenvalue weighted by Gasteiger charge is 2.34. The summed E-state index contributed by atoms with van der Waals surface area (Å²) < 4.78 is 5.67. The molecule has 0 aromatic heterocycles. The molecule has 26 heavy (non-hydrogen) atoms. The molecular formula is C21H22N2O3. The summed E-state index contributed by atoms with van der Waals surface area (Å²) >= 11 is 0. The minimum absolute atomic E-state index is 0.0768. The molecular weight excluding hydrogens is 328 g/mol. The monoisotopic (exact) mass is 350 g/mol. The Morgan fingerprint density at radius 3 is 2.62 bits per heavy atom. The first-order chi connectivity index (χ1) is 12.6. The molecule has 0 saturated heterocycles. The summed E-state index contributed by atoms with van der Waals surface area (Å²) in [6.07, 6.45) is 1.28. The van der Waals surface area contributed by atoms with Crippen LogP contribution in [0, 0.1) is 0 Å². The van der Waals surface area contributed by atoms with Crippen molar-refractivity contribution in [3.63, 3.8) is 0 Å². The maximum Gasteiger partial charge on any atom is 0.243 e. The molecule has 5 heteroatoms. The zero-order valence-corrected chi connectivity index (χ0v) is 14.8. The molecule has 2 heterocycles. The lowest BCUT2D eigenvalue weighted by atomic mass is 9.92. The third-order valence-corrected chi connectivity index (χ3v) is 5.23. The van der Waals surface area contributed by atoms with Crippen LogP contribution in [0.3, 0.4) is 0 Å². The van der Waals surface area contributed by atoms with Crippen molar-refractivity contribution in [2.75, 3.05) is 6.61 Å². The van der Waals surface area contributed by atoms with Crippen LogP contribution >= 0.6 is 0 Å². The molecule has 5 nitrogen and oxygen atoms in total. The van der Waals surface area contributed by atoms with Crippen LogP contribution in [0.5, 0.6) is 5.75 Å². The van der Waals surface area contributed by atoms with Gasteiger partial charge < -0.3 is 15.0 Å². The largest absolute Gasteiger partial charge is 0.493 e. The van der Waals surface area contributed by atoms with E-state index in [9.17, 15) is 9.59 Å². The molecule has 2 amide bonds. The van der Waals surface area contributed by atoms with Gasteiger partial charge in [0, 0.05) is 31.9 Å². The van der Waals surface area contributed by atoms with Crippen LogP contribution in [0.15, 0.2) is 48.5 Å². The quantitative estimate of drug-likeness (QED) is 0.906. The molecule has 2 aliphatic heterocycles. The first-order valence-electron chi connectivity index (χ1n) is 8.99. The number of rotatable bonds is 2. The van der Waals surface area contributed by atoms with Crippen molar-refractivity contribution in [2.24, 2.45) is 0 Å². The molecule has 1 N–H and O–H groups in total. The zero-order valence-electron chi connectivity index (χ0n) is 14.8. The van der Waals surface area contributed by atoms with Crippen molar-refractivity contribution in [1.82, 2.24) is 10.2 Å². The van der Waals surface area contributed by atoms with Gasteiger partial charge in [-0.05, 0) is 17.2 Å². The molecule has 0 fully saturated rings. The molecule has 0 bridgehead atoms. The second kappa shape index (κ2) is 6.83. The SMILES string of the molecule is CC(=O)N1Cc2ccccc2CC1C(=O)NC1CCOc2ccccc21. The smallest absolute Gasteiger partial charge is 0.243 e. The predicted molar refractivity (Wildman–Crippen MR) is 97.6 cm³/mol. The van der Waals surface area contributed by atoms with E-state index in [1.165, 1.54) is 6.92 Å². The molecule has 2 aromatic carbocycles. The Kier molecular flexibility index (Phi) is 4.37. The number of amides is 2. The number of benzene rings is 2. The van der Waals surface area contributed by atoms with E-state index in [2.05, 4.69) is 5.32 Å². The average molecular weight is 350 g/mol. The fourth-order valence-corrected chi connectivity index (χ4v) is 3.85. The van der Waals surface area contributed by atoms with E-state index in [0.717, 1.165) is 28.9 Å². The van der Waals surface area contributed by atoms with Crippen LogP contribution in [0.2, 0.25) is 0 Å². The number of hydrogen-bond acceptors (Lipinski definition) is 3. The number of hydrogen-bond donors (Lipinski definition) is 1. The van der Waals surface area contributed by atoms with E-state index < -0.39 is 6.04 Å². The highest BCUT2D eigenvalue weighted by atomic mass is 16.5. The molecule has 2 aliphatic rings. The highest BCUT2D eigenvalue weighted by molar-refractivity contribution is 5.88. The molecule has 134 valence electrons. The van der Waals surface area contributed by atoms with Gasteiger partial charge in [0.2, 0.25) is 11.8 Å². The maximum atomic E-state index is 13.1. The first-order valence-corrected chi connectivity index (χ1v) is 8.99. The van der Waals surface area contributed by atoms with E-state index in [4.69, 9.17) is 4.74 Å². The molecule has 4 rings (SSSR count). The van der Waals surface area contributed by atoms with Crippen molar-refractivity contribution < 1.29 is 14.3 Å². The molecule has 2 unspecified atom stereocenters. The second-order valence-electron chi connectivity index (χ2n) is 6.87. The van der Waals surface area contributed by atoms with E-state index in [1.807, 2.05) is 48.5 Å². The van der Waals surface area contributed by atoms with Gasteiger partial charge in [0.25, 0.3) is 0 Å². The van der Waals surface area contributed by atoms with Gasteiger partial charge in [0.05, 0.1) is 12.6 Å². The number of carbonyl (C=O) groups is 2. The lowest BCUT2D eigenvalue weighted by molar-refractivity contribution is -0.140. The van der Waals surface area contributed by atoms with Crippen LogP contribution in [-0.4, -0.2) is 29.4 Å². The number of nitrogens with zero attached hydrogens (tertiary/aromatic N) is 1. The van der Waals surface area contributed by atoms with Crippen molar-refractivity contribution in [2.45, 2.75) is 38.4 Å². The van der Waals surface area contributed by atoms with E-state index in [0.29, 0.717) is 19.6 Å². The summed E-state index contributed by atoms with van der Waals surface area (Å²) in [5.41, 5.74) is 3.25. The van der Waals surface area contributed by atoms with Crippen molar-refractivity contribution >= 4 is 11.8 Å². The summed E-state index contributed by atoms with van der Waals surface area (Å²) in [7, 11) is 0. The standard InChI is InChI=1S/C21H22N2O3/c1-14(24)23-13-16-7-3-2-6-15(16)12-19(23)21(25)22-18-10-11-26-20-9-5-4-8-17(18)20/h2-9,18-19H,10-13H2,1H3,(H,22,25). The fourth-order valence-electron chi connectivity index (χ4n) is 3.85. The van der Waals surface area contributed by atoms with Gasteiger partial charge in [-0.25, -0.2) is 0 Å². The maximum absolute atomic E-state index is 13.1. The van der Waals surface area contributed by atoms with Gasteiger partial charge in [-0.15, -0.1) is 0 Å². The van der Waals surface area contributed by atoms with Gasteiger partial charge in [0.1, 0.15) is 11.8 Å². The number of ether oxygens (including phenoxy) is 1. The van der Waals surface area contributed by atoms with Crippen molar-refractivity contribution in [1.29, 1.82) is 0 Å². The van der Waals surface area contributed by atoms with Crippen LogP contribution in [0.4, 0.5) is 0 Å². The predicted octanol–water partition coefficient (Wildman–Crippen LogP) is 2.60. The summed E-state index contributed by atoms with van der Waals surface area (Å²) in [4.78, 5) is 26.9. The molecule has 0 radical (unpaired) electrons. The fraction of sp³-hybridized carbons (Fsp3) is 0.333. The van der Waals surface area contributed by atoms with Crippen LogP contribution in [-0.2, 0) is 22.6 Å². The Labute approximate surface area is 153 Å². The van der Waals surface area contributed by atoms with Crippen molar-refractivity contribution in [3.05, 3.63) is 65.2 Å². The van der Waals surface area contributed by atoms with Gasteiger partial charge >= 0.3 is 0 Å². The Hall–Kier alpha value is -2.82. The van der Waals surface area contributed by atoms with Crippen LogP contribution in [0.25, 0.3) is 0 Å². The number of nitrogens with one attached hydrogen (secondary N) is 1. The molecule has 0 saturated carbocycles. The van der Waals surface area contributed by atoms with Gasteiger partial charge in [-0.2, -0.15) is 0 Å². The number of para-hydroxylation sites is 1.